The van der Waals surface area contributed by atoms with Crippen LogP contribution in [0, 0.1) is 17.8 Å². The Morgan fingerprint density at radius 1 is 1.11 bits per heavy atom. The van der Waals surface area contributed by atoms with Gasteiger partial charge in [0.05, 0.1) is 17.0 Å². The van der Waals surface area contributed by atoms with Crippen LogP contribution in [0.2, 0.25) is 0 Å². The largest absolute Gasteiger partial charge is 0.458 e. The van der Waals surface area contributed by atoms with Gasteiger partial charge < -0.3 is 14.6 Å². The Bertz CT molecular complexity index is 1170. The van der Waals surface area contributed by atoms with Crippen molar-refractivity contribution < 1.29 is 9.53 Å². The molecule has 0 radical (unpaired) electrons. The highest BCUT2D eigenvalue weighted by Gasteiger charge is 2.50. The molecule has 2 aromatic carbocycles. The third kappa shape index (κ3) is 5.06. The quantitative estimate of drug-likeness (QED) is 0.396. The number of fused-ring (bicyclic) bond motifs is 3. The van der Waals surface area contributed by atoms with Gasteiger partial charge in [0, 0.05) is 31.8 Å². The predicted molar refractivity (Wildman–Crippen MR) is 141 cm³/mol. The lowest BCUT2D eigenvalue weighted by Crippen LogP contribution is -2.51. The summed E-state index contributed by atoms with van der Waals surface area (Å²) >= 11 is 0. The number of hydrogen-bond donors (Lipinski definition) is 1. The molecule has 1 saturated carbocycles. The fraction of sp³-hybridized carbons (Fsp3) is 0.467. The molecule has 0 amide bonds. The molecule has 5 nitrogen and oxygen atoms in total. The van der Waals surface area contributed by atoms with Crippen molar-refractivity contribution in [1.29, 1.82) is 0 Å². The molecule has 3 atom stereocenters. The summed E-state index contributed by atoms with van der Waals surface area (Å²) in [4.78, 5) is 23.3. The summed E-state index contributed by atoms with van der Waals surface area (Å²) in [5.74, 6) is 1.55. The number of imidazole rings is 1. The van der Waals surface area contributed by atoms with Gasteiger partial charge in [-0.15, -0.1) is 0 Å². The lowest BCUT2D eigenvalue weighted by molar-refractivity contribution is -0.176. The molecule has 0 saturated heterocycles. The second kappa shape index (κ2) is 9.98. The van der Waals surface area contributed by atoms with E-state index in [1.165, 1.54) is 17.6 Å². The normalized spacial score (nSPS) is 23.7. The van der Waals surface area contributed by atoms with E-state index < -0.39 is 5.60 Å². The van der Waals surface area contributed by atoms with Crippen LogP contribution in [0.5, 0.6) is 0 Å². The van der Waals surface area contributed by atoms with Gasteiger partial charge in [-0.3, -0.25) is 4.79 Å². The molecule has 3 aromatic rings. The Kier molecular flexibility index (Phi) is 6.79. The molecule has 0 spiro atoms. The number of hydrogen-bond acceptors (Lipinski definition) is 4. The third-order valence-electron chi connectivity index (χ3n) is 7.88. The highest BCUT2D eigenvalue weighted by Crippen LogP contribution is 2.53. The van der Waals surface area contributed by atoms with Gasteiger partial charge in [0.25, 0.3) is 0 Å². The highest BCUT2D eigenvalue weighted by molar-refractivity contribution is 5.75. The van der Waals surface area contributed by atoms with Crippen LogP contribution < -0.4 is 0 Å². The number of nitrogens with one attached hydrogen (secondary N) is 1. The van der Waals surface area contributed by atoms with E-state index in [9.17, 15) is 4.79 Å². The zero-order chi connectivity index (χ0) is 24.4. The van der Waals surface area contributed by atoms with E-state index in [2.05, 4.69) is 59.4 Å². The SMILES string of the molecule is CC(C)C(=O)O[C@@]1(CCN(C)CCc2nc3ccccc3[nH]2)C[C@H]2CC[C@@H]1C=C2c1ccccc1. The van der Waals surface area contributed by atoms with E-state index in [4.69, 9.17) is 9.72 Å². The molecule has 2 bridgehead atoms. The Labute approximate surface area is 208 Å². The molecule has 184 valence electrons. The van der Waals surface area contributed by atoms with Crippen LogP contribution in [-0.4, -0.2) is 46.6 Å². The number of aromatic nitrogens is 2. The minimum absolute atomic E-state index is 0.0721. The van der Waals surface area contributed by atoms with Crippen molar-refractivity contribution in [2.75, 3.05) is 20.1 Å². The molecule has 1 aromatic heterocycles. The number of carbonyl (C=O) groups excluding carboxylic acids is 1. The maximum absolute atomic E-state index is 12.8. The fourth-order valence-corrected chi connectivity index (χ4v) is 5.82. The average Bonchev–Trinajstić information content (AvgIpc) is 3.30. The van der Waals surface area contributed by atoms with Gasteiger partial charge >= 0.3 is 5.97 Å². The molecule has 1 heterocycles. The predicted octanol–water partition coefficient (Wildman–Crippen LogP) is 5.88. The Hall–Kier alpha value is -2.92. The Morgan fingerprint density at radius 2 is 1.89 bits per heavy atom. The Balaban J connectivity index is 1.28. The summed E-state index contributed by atoms with van der Waals surface area (Å²) < 4.78 is 6.38. The monoisotopic (exact) mass is 471 g/mol. The smallest absolute Gasteiger partial charge is 0.308 e. The molecule has 1 fully saturated rings. The van der Waals surface area contributed by atoms with Crippen molar-refractivity contribution in [3.8, 4) is 0 Å². The maximum Gasteiger partial charge on any atom is 0.308 e. The number of rotatable bonds is 9. The molecule has 35 heavy (non-hydrogen) atoms. The topological polar surface area (TPSA) is 58.2 Å². The van der Waals surface area contributed by atoms with E-state index >= 15 is 0 Å². The number of aromatic amines is 1. The molecule has 6 rings (SSSR count). The van der Waals surface area contributed by atoms with Crippen molar-refractivity contribution in [2.24, 2.45) is 17.8 Å². The van der Waals surface area contributed by atoms with Crippen molar-refractivity contribution in [1.82, 2.24) is 14.9 Å². The van der Waals surface area contributed by atoms with Gasteiger partial charge in [0.1, 0.15) is 11.4 Å². The number of likely N-dealkylation sites (N-methyl/N-ethyl adjacent to an activating group) is 1. The first-order chi connectivity index (χ1) is 16.9. The van der Waals surface area contributed by atoms with Crippen LogP contribution in [0.15, 0.2) is 60.7 Å². The van der Waals surface area contributed by atoms with Gasteiger partial charge in [-0.05, 0) is 55.5 Å². The highest BCUT2D eigenvalue weighted by atomic mass is 16.6. The molecule has 3 aliphatic carbocycles. The summed E-state index contributed by atoms with van der Waals surface area (Å²) in [6, 6.07) is 18.9. The van der Waals surface area contributed by atoms with Gasteiger partial charge in [-0.25, -0.2) is 4.98 Å². The molecule has 0 unspecified atom stereocenters. The standard InChI is InChI=1S/C30H37N3O2/c1-21(2)29(34)35-30(20-23-13-14-24(30)19-25(23)22-9-5-4-6-10-22)16-18-33(3)17-15-28-31-26-11-7-8-12-27(26)32-28/h4-12,19,21,23-24H,13-18,20H2,1-3H3,(H,31,32)/t23-,24-,30+/m1/s1. The van der Waals surface area contributed by atoms with Crippen molar-refractivity contribution in [3.63, 3.8) is 0 Å². The van der Waals surface area contributed by atoms with E-state index in [-0.39, 0.29) is 17.8 Å². The first-order valence-electron chi connectivity index (χ1n) is 13.1. The van der Waals surface area contributed by atoms with E-state index in [0.29, 0.717) is 5.92 Å². The van der Waals surface area contributed by atoms with Gasteiger partial charge in [-0.2, -0.15) is 0 Å². The molecule has 1 N–H and O–H groups in total. The summed E-state index contributed by atoms with van der Waals surface area (Å²) in [5, 5.41) is 0. The second-order valence-electron chi connectivity index (χ2n) is 10.7. The number of allylic oxidation sites excluding steroid dienone is 1. The number of benzene rings is 2. The number of para-hydroxylation sites is 2. The average molecular weight is 472 g/mol. The second-order valence-corrected chi connectivity index (χ2v) is 10.7. The van der Waals surface area contributed by atoms with E-state index in [0.717, 1.165) is 55.6 Å². The minimum atomic E-state index is -0.407. The summed E-state index contributed by atoms with van der Waals surface area (Å²) in [5.41, 5.74) is 4.45. The zero-order valence-corrected chi connectivity index (χ0v) is 21.2. The number of esters is 1. The van der Waals surface area contributed by atoms with Crippen LogP contribution in [0.3, 0.4) is 0 Å². The third-order valence-corrected chi connectivity index (χ3v) is 7.88. The lowest BCUT2D eigenvalue weighted by Gasteiger charge is -2.50. The number of H-pyrrole nitrogens is 1. The summed E-state index contributed by atoms with van der Waals surface area (Å²) in [7, 11) is 2.16. The van der Waals surface area contributed by atoms with Crippen molar-refractivity contribution >= 4 is 22.6 Å². The van der Waals surface area contributed by atoms with Crippen molar-refractivity contribution in [2.45, 2.75) is 51.6 Å². The van der Waals surface area contributed by atoms with Gasteiger partial charge in [0.15, 0.2) is 0 Å². The number of carbonyl (C=O) groups is 1. The minimum Gasteiger partial charge on any atom is -0.458 e. The van der Waals surface area contributed by atoms with E-state index in [1.54, 1.807) is 0 Å². The lowest BCUT2D eigenvalue weighted by atomic mass is 9.60. The van der Waals surface area contributed by atoms with Crippen LogP contribution in [0.1, 0.15) is 50.9 Å². The van der Waals surface area contributed by atoms with Crippen LogP contribution in [-0.2, 0) is 16.0 Å². The molecule has 5 heteroatoms. The number of nitrogens with zero attached hydrogens (tertiary/aromatic N) is 2. The maximum atomic E-state index is 12.8. The first kappa shape index (κ1) is 23.8. The molecule has 0 aliphatic heterocycles. The van der Waals surface area contributed by atoms with E-state index in [1.807, 2.05) is 32.0 Å². The van der Waals surface area contributed by atoms with Crippen LogP contribution >= 0.6 is 0 Å². The first-order valence-corrected chi connectivity index (χ1v) is 13.1. The summed E-state index contributed by atoms with van der Waals surface area (Å²) in [6.07, 6.45) is 7.35. The molecular weight excluding hydrogens is 434 g/mol. The molecule has 3 aliphatic rings. The molecular formula is C30H37N3O2. The Morgan fingerprint density at radius 3 is 2.60 bits per heavy atom. The van der Waals surface area contributed by atoms with Crippen LogP contribution in [0.4, 0.5) is 0 Å². The van der Waals surface area contributed by atoms with Gasteiger partial charge in [-0.1, -0.05) is 62.4 Å². The fourth-order valence-electron chi connectivity index (χ4n) is 5.82. The zero-order valence-electron chi connectivity index (χ0n) is 21.2. The van der Waals surface area contributed by atoms with Crippen LogP contribution in [0.25, 0.3) is 16.6 Å². The van der Waals surface area contributed by atoms with Gasteiger partial charge in [0.2, 0.25) is 0 Å². The number of ether oxygens (including phenoxy) is 1. The summed E-state index contributed by atoms with van der Waals surface area (Å²) in [6.45, 7) is 5.67. The van der Waals surface area contributed by atoms with Crippen molar-refractivity contribution in [3.05, 3.63) is 72.1 Å².